The quantitative estimate of drug-likeness (QED) is 0.491. The molecular weight excluding hydrogens is 408 g/mol. The number of carbonyl (C=O) groups is 3. The third kappa shape index (κ3) is 4.77. The molecule has 0 heterocycles. The molecule has 0 spiro atoms. The zero-order valence-electron chi connectivity index (χ0n) is 17.9. The minimum absolute atomic E-state index is 0.0251. The second-order valence-electron chi connectivity index (χ2n) is 8.49. The molecule has 0 radical (unpaired) electrons. The highest BCUT2D eigenvalue weighted by Crippen LogP contribution is 2.44. The van der Waals surface area contributed by atoms with E-state index in [1.54, 1.807) is 0 Å². The van der Waals surface area contributed by atoms with Crippen LogP contribution in [-0.2, 0) is 14.3 Å². The molecule has 3 N–H and O–H groups in total. The van der Waals surface area contributed by atoms with Gasteiger partial charge in [-0.05, 0) is 47.9 Å². The number of aliphatic carboxylic acids is 1. The summed E-state index contributed by atoms with van der Waals surface area (Å²) in [4.78, 5) is 35.5. The maximum atomic E-state index is 12.5. The van der Waals surface area contributed by atoms with Crippen LogP contribution >= 0.6 is 0 Å². The zero-order valence-corrected chi connectivity index (χ0v) is 17.9. The van der Waals surface area contributed by atoms with Crippen molar-refractivity contribution in [3.05, 3.63) is 59.7 Å². The van der Waals surface area contributed by atoms with Gasteiger partial charge in [-0.15, -0.1) is 0 Å². The lowest BCUT2D eigenvalue weighted by Crippen LogP contribution is -2.49. The minimum atomic E-state index is -0.885. The number of benzene rings is 2. The number of carboxylic acid groups (broad SMARTS) is 1. The average molecular weight is 437 g/mol. The topological polar surface area (TPSA) is 105 Å². The number of ether oxygens (including phenoxy) is 1. The van der Waals surface area contributed by atoms with E-state index in [0.29, 0.717) is 32.2 Å². The van der Waals surface area contributed by atoms with E-state index < -0.39 is 17.6 Å². The smallest absolute Gasteiger partial charge is 0.408 e. The molecule has 2 amide bonds. The molecule has 2 aliphatic carbocycles. The number of carboxylic acids is 1. The third-order valence-electron chi connectivity index (χ3n) is 6.22. The first-order valence-corrected chi connectivity index (χ1v) is 11.1. The molecule has 0 atom stereocenters. The number of rotatable bonds is 10. The largest absolute Gasteiger partial charge is 0.481 e. The molecule has 0 bridgehead atoms. The van der Waals surface area contributed by atoms with Crippen molar-refractivity contribution in [1.82, 2.24) is 10.6 Å². The van der Waals surface area contributed by atoms with Gasteiger partial charge in [0, 0.05) is 18.9 Å². The average Bonchev–Trinajstić information content (AvgIpc) is 3.50. The van der Waals surface area contributed by atoms with Crippen molar-refractivity contribution >= 4 is 18.0 Å². The highest BCUT2D eigenvalue weighted by Gasteiger charge is 2.51. The van der Waals surface area contributed by atoms with Crippen molar-refractivity contribution in [2.45, 2.75) is 50.0 Å². The van der Waals surface area contributed by atoms with E-state index in [-0.39, 0.29) is 24.9 Å². The number of hydrogen-bond donors (Lipinski definition) is 3. The molecule has 4 rings (SSSR count). The number of alkyl carbamates (subject to hydrolysis) is 1. The first-order chi connectivity index (χ1) is 15.5. The Morgan fingerprint density at radius 1 is 0.938 bits per heavy atom. The summed E-state index contributed by atoms with van der Waals surface area (Å²) in [6, 6.07) is 16.3. The molecule has 168 valence electrons. The third-order valence-corrected chi connectivity index (χ3v) is 6.22. The molecule has 32 heavy (non-hydrogen) atoms. The van der Waals surface area contributed by atoms with Crippen LogP contribution in [0.5, 0.6) is 0 Å². The highest BCUT2D eigenvalue weighted by molar-refractivity contribution is 5.92. The van der Waals surface area contributed by atoms with E-state index in [1.807, 2.05) is 24.3 Å². The Morgan fingerprint density at radius 3 is 2.16 bits per heavy atom. The first-order valence-electron chi connectivity index (χ1n) is 11.1. The summed E-state index contributed by atoms with van der Waals surface area (Å²) in [6.07, 6.45) is 2.76. The van der Waals surface area contributed by atoms with Gasteiger partial charge in [-0.2, -0.15) is 0 Å². The summed E-state index contributed by atoms with van der Waals surface area (Å²) in [5.41, 5.74) is 3.73. The lowest BCUT2D eigenvalue weighted by molar-refractivity contribution is -0.137. The molecule has 7 nitrogen and oxygen atoms in total. The van der Waals surface area contributed by atoms with E-state index in [9.17, 15) is 14.4 Å². The Labute approximate surface area is 187 Å². The van der Waals surface area contributed by atoms with Crippen LogP contribution in [0.15, 0.2) is 48.5 Å². The van der Waals surface area contributed by atoms with E-state index in [4.69, 9.17) is 9.84 Å². The Bertz CT molecular complexity index is 969. The number of nitrogens with one attached hydrogen (secondary N) is 2. The van der Waals surface area contributed by atoms with Crippen molar-refractivity contribution in [2.75, 3.05) is 13.2 Å². The summed E-state index contributed by atoms with van der Waals surface area (Å²) in [7, 11) is 0. The maximum Gasteiger partial charge on any atom is 0.408 e. The van der Waals surface area contributed by atoms with Crippen molar-refractivity contribution in [2.24, 2.45) is 0 Å². The van der Waals surface area contributed by atoms with Crippen molar-refractivity contribution in [3.63, 3.8) is 0 Å². The summed E-state index contributed by atoms with van der Waals surface area (Å²) in [6.45, 7) is 0.674. The fourth-order valence-corrected chi connectivity index (χ4v) is 4.31. The second kappa shape index (κ2) is 9.42. The molecule has 2 aromatic carbocycles. The van der Waals surface area contributed by atoms with Gasteiger partial charge in [0.1, 0.15) is 12.1 Å². The van der Waals surface area contributed by atoms with Crippen LogP contribution in [0.3, 0.4) is 0 Å². The first kappa shape index (κ1) is 21.9. The van der Waals surface area contributed by atoms with Gasteiger partial charge in [-0.1, -0.05) is 55.0 Å². The van der Waals surface area contributed by atoms with Crippen molar-refractivity contribution in [3.8, 4) is 11.1 Å². The molecule has 1 saturated carbocycles. The van der Waals surface area contributed by atoms with Gasteiger partial charge in [0.05, 0.1) is 0 Å². The number of unbranched alkanes of at least 4 members (excludes halogenated alkanes) is 2. The Kier molecular flexibility index (Phi) is 6.44. The minimum Gasteiger partial charge on any atom is -0.481 e. The van der Waals surface area contributed by atoms with Gasteiger partial charge in [0.2, 0.25) is 5.91 Å². The Hall–Kier alpha value is -3.35. The molecule has 1 fully saturated rings. The van der Waals surface area contributed by atoms with Crippen LogP contribution in [0, 0.1) is 0 Å². The number of carbonyl (C=O) groups excluding carboxylic acids is 2. The predicted octanol–water partition coefficient (Wildman–Crippen LogP) is 3.82. The predicted molar refractivity (Wildman–Crippen MR) is 119 cm³/mol. The van der Waals surface area contributed by atoms with Crippen LogP contribution in [0.25, 0.3) is 11.1 Å². The monoisotopic (exact) mass is 436 g/mol. The molecule has 2 aromatic rings. The van der Waals surface area contributed by atoms with Crippen molar-refractivity contribution in [1.29, 1.82) is 0 Å². The highest BCUT2D eigenvalue weighted by atomic mass is 16.5. The lowest BCUT2D eigenvalue weighted by atomic mass is 9.98. The number of amides is 2. The van der Waals surface area contributed by atoms with Crippen LogP contribution in [0.1, 0.15) is 55.6 Å². The zero-order chi connectivity index (χ0) is 22.6. The molecular formula is C25H28N2O5. The van der Waals surface area contributed by atoms with E-state index in [2.05, 4.69) is 34.9 Å². The van der Waals surface area contributed by atoms with Gasteiger partial charge >= 0.3 is 12.1 Å². The molecule has 2 aliphatic rings. The summed E-state index contributed by atoms with van der Waals surface area (Å²) in [5, 5.41) is 14.2. The molecule has 0 aromatic heterocycles. The summed E-state index contributed by atoms with van der Waals surface area (Å²) < 4.78 is 5.56. The van der Waals surface area contributed by atoms with Gasteiger partial charge in [-0.3, -0.25) is 9.59 Å². The Balaban J connectivity index is 1.26. The lowest BCUT2D eigenvalue weighted by Gasteiger charge is -2.19. The number of fused-ring (bicyclic) bond motifs is 3. The van der Waals surface area contributed by atoms with E-state index >= 15 is 0 Å². The van der Waals surface area contributed by atoms with E-state index in [0.717, 1.165) is 17.5 Å². The molecule has 0 saturated heterocycles. The summed E-state index contributed by atoms with van der Waals surface area (Å²) >= 11 is 0. The van der Waals surface area contributed by atoms with Crippen molar-refractivity contribution < 1.29 is 24.2 Å². The van der Waals surface area contributed by atoms with Crippen LogP contribution in [0.4, 0.5) is 4.79 Å². The summed E-state index contributed by atoms with van der Waals surface area (Å²) in [5.74, 6) is -1.04. The fourth-order valence-electron chi connectivity index (χ4n) is 4.31. The fraction of sp³-hybridized carbons (Fsp3) is 0.400. The van der Waals surface area contributed by atoms with Gasteiger partial charge in [0.15, 0.2) is 0 Å². The normalized spacial score (nSPS) is 15.4. The molecule has 0 aliphatic heterocycles. The maximum absolute atomic E-state index is 12.5. The van der Waals surface area contributed by atoms with Crippen LogP contribution < -0.4 is 10.6 Å². The van der Waals surface area contributed by atoms with Crippen LogP contribution in [-0.4, -0.2) is 41.8 Å². The standard InChI is InChI=1S/C25H28N2O5/c28-22(29)12-2-1-7-15-26-23(30)25(13-14-25)27-24(31)32-16-21-19-10-5-3-8-17(19)18-9-4-6-11-20(18)21/h3-6,8-11,21H,1-2,7,12-16H2,(H,26,30)(H,27,31)(H,28,29). The van der Waals surface area contributed by atoms with Crippen LogP contribution in [0.2, 0.25) is 0 Å². The van der Waals surface area contributed by atoms with Gasteiger partial charge in [0.25, 0.3) is 0 Å². The number of hydrogen-bond acceptors (Lipinski definition) is 4. The van der Waals surface area contributed by atoms with Gasteiger partial charge < -0.3 is 20.5 Å². The molecule has 7 heteroatoms. The molecule has 0 unspecified atom stereocenters. The van der Waals surface area contributed by atoms with Gasteiger partial charge in [-0.25, -0.2) is 4.79 Å². The SMILES string of the molecule is O=C(O)CCCCCNC(=O)C1(NC(=O)OCC2c3ccccc3-c3ccccc32)CC1. The Morgan fingerprint density at radius 2 is 1.56 bits per heavy atom. The van der Waals surface area contributed by atoms with E-state index in [1.165, 1.54) is 11.1 Å². The second-order valence-corrected chi connectivity index (χ2v) is 8.49.